The van der Waals surface area contributed by atoms with E-state index in [0.29, 0.717) is 6.61 Å². The third kappa shape index (κ3) is 22.1. The molecule has 0 radical (unpaired) electrons. The molecule has 0 saturated heterocycles. The molecular formula is C16H32O4. The van der Waals surface area contributed by atoms with E-state index in [4.69, 9.17) is 9.84 Å². The van der Waals surface area contributed by atoms with Gasteiger partial charge in [-0.15, -0.1) is 0 Å². The van der Waals surface area contributed by atoms with Gasteiger partial charge in [0, 0.05) is 0 Å². The van der Waals surface area contributed by atoms with Gasteiger partial charge in [0.1, 0.15) is 6.42 Å². The van der Waals surface area contributed by atoms with Crippen molar-refractivity contribution in [2.24, 2.45) is 0 Å². The molecule has 1 N–H and O–H groups in total. The summed E-state index contributed by atoms with van der Waals surface area (Å²) >= 11 is 0. The Morgan fingerprint density at radius 2 is 1.30 bits per heavy atom. The van der Waals surface area contributed by atoms with Crippen LogP contribution in [0.3, 0.4) is 0 Å². The van der Waals surface area contributed by atoms with Crippen LogP contribution in [0.15, 0.2) is 0 Å². The number of carbonyl (C=O) groups excluding carboxylic acids is 1. The van der Waals surface area contributed by atoms with E-state index in [-0.39, 0.29) is 0 Å². The number of esters is 1. The molecule has 20 heavy (non-hydrogen) atoms. The Kier molecular flexibility index (Phi) is 19.1. The van der Waals surface area contributed by atoms with Gasteiger partial charge in [0.25, 0.3) is 0 Å². The van der Waals surface area contributed by atoms with Gasteiger partial charge in [0.2, 0.25) is 0 Å². The van der Waals surface area contributed by atoms with E-state index in [2.05, 4.69) is 20.8 Å². The molecule has 0 amide bonds. The summed E-state index contributed by atoms with van der Waals surface area (Å²) in [5.74, 6) is -1.77. The Labute approximate surface area is 123 Å². The standard InChI is InChI=1S/C12H22O4.C4H10/c1-2-3-4-5-6-7-8-9-16-12(15)10-11(13)14;1-3-4-2/h2-10H2,1H3,(H,13,14);3-4H2,1-2H3. The maximum absolute atomic E-state index is 10.8. The van der Waals surface area contributed by atoms with Crippen LogP contribution >= 0.6 is 0 Å². The first-order chi connectivity index (χ1) is 9.58. The summed E-state index contributed by atoms with van der Waals surface area (Å²) in [6, 6.07) is 0. The number of carboxylic acids is 1. The molecule has 0 saturated carbocycles. The van der Waals surface area contributed by atoms with Crippen LogP contribution < -0.4 is 0 Å². The van der Waals surface area contributed by atoms with E-state index in [0.717, 1.165) is 19.3 Å². The maximum atomic E-state index is 10.8. The van der Waals surface area contributed by atoms with Gasteiger partial charge in [0.05, 0.1) is 6.61 Å². The van der Waals surface area contributed by atoms with Crippen LogP contribution in [0.1, 0.15) is 85.0 Å². The van der Waals surface area contributed by atoms with Gasteiger partial charge in [-0.1, -0.05) is 72.1 Å². The van der Waals surface area contributed by atoms with Gasteiger partial charge in [-0.25, -0.2) is 0 Å². The van der Waals surface area contributed by atoms with Crippen molar-refractivity contribution >= 4 is 11.9 Å². The predicted molar refractivity (Wildman–Crippen MR) is 81.8 cm³/mol. The SMILES string of the molecule is CCCC.CCCCCCCCCOC(=O)CC(=O)O. The zero-order chi connectivity index (χ0) is 15.6. The fourth-order valence-electron chi connectivity index (χ4n) is 1.42. The van der Waals surface area contributed by atoms with Gasteiger partial charge >= 0.3 is 11.9 Å². The molecule has 4 heteroatoms. The predicted octanol–water partition coefficient (Wildman–Crippen LogP) is 4.56. The molecule has 0 fully saturated rings. The minimum atomic E-state index is -1.13. The molecule has 0 aliphatic carbocycles. The summed E-state index contributed by atoms with van der Waals surface area (Å²) < 4.78 is 4.76. The van der Waals surface area contributed by atoms with E-state index in [1.807, 2.05) is 0 Å². The fourth-order valence-corrected chi connectivity index (χ4v) is 1.42. The number of unbranched alkanes of at least 4 members (excludes halogenated alkanes) is 7. The van der Waals surface area contributed by atoms with Crippen LogP contribution in [-0.2, 0) is 14.3 Å². The smallest absolute Gasteiger partial charge is 0.317 e. The topological polar surface area (TPSA) is 63.6 Å². The second-order valence-electron chi connectivity index (χ2n) is 4.91. The van der Waals surface area contributed by atoms with Gasteiger partial charge in [0.15, 0.2) is 0 Å². The lowest BCUT2D eigenvalue weighted by molar-refractivity contribution is -0.151. The lowest BCUT2D eigenvalue weighted by atomic mass is 10.1. The van der Waals surface area contributed by atoms with Crippen molar-refractivity contribution in [3.05, 3.63) is 0 Å². The van der Waals surface area contributed by atoms with Gasteiger partial charge < -0.3 is 9.84 Å². The highest BCUT2D eigenvalue weighted by molar-refractivity contribution is 5.90. The van der Waals surface area contributed by atoms with Crippen LogP contribution in [-0.4, -0.2) is 23.7 Å². The van der Waals surface area contributed by atoms with Gasteiger partial charge in [-0.3, -0.25) is 9.59 Å². The summed E-state index contributed by atoms with van der Waals surface area (Å²) in [6.07, 6.45) is 10.2. The average molecular weight is 288 g/mol. The highest BCUT2D eigenvalue weighted by Crippen LogP contribution is 2.06. The number of carboxylic acid groups (broad SMARTS) is 1. The van der Waals surface area contributed by atoms with Crippen LogP contribution in [0.2, 0.25) is 0 Å². The molecule has 0 rings (SSSR count). The van der Waals surface area contributed by atoms with Crippen LogP contribution in [0.5, 0.6) is 0 Å². The zero-order valence-corrected chi connectivity index (χ0v) is 13.5. The minimum Gasteiger partial charge on any atom is -0.481 e. The van der Waals surface area contributed by atoms with Crippen molar-refractivity contribution < 1.29 is 19.4 Å². The summed E-state index contributed by atoms with van der Waals surface area (Å²) in [6.45, 7) is 6.89. The largest absolute Gasteiger partial charge is 0.481 e. The molecule has 0 aliphatic rings. The summed E-state index contributed by atoms with van der Waals surface area (Å²) in [5, 5.41) is 8.31. The first-order valence-electron chi connectivity index (χ1n) is 7.95. The first-order valence-corrected chi connectivity index (χ1v) is 7.95. The van der Waals surface area contributed by atoms with Crippen molar-refractivity contribution in [2.45, 2.75) is 85.0 Å². The lowest BCUT2D eigenvalue weighted by Gasteiger charge is -2.03. The molecule has 120 valence electrons. The molecule has 0 bridgehead atoms. The number of carbonyl (C=O) groups is 2. The van der Waals surface area contributed by atoms with Gasteiger partial charge in [-0.2, -0.15) is 0 Å². The summed E-state index contributed by atoms with van der Waals surface area (Å²) in [5.41, 5.74) is 0. The maximum Gasteiger partial charge on any atom is 0.317 e. The number of hydrogen-bond donors (Lipinski definition) is 1. The molecule has 4 nitrogen and oxygen atoms in total. The Morgan fingerprint density at radius 3 is 1.75 bits per heavy atom. The third-order valence-electron chi connectivity index (χ3n) is 2.81. The normalized spacial score (nSPS) is 9.55. The number of rotatable bonds is 11. The lowest BCUT2D eigenvalue weighted by Crippen LogP contribution is -2.11. The van der Waals surface area contributed by atoms with Crippen LogP contribution in [0.4, 0.5) is 0 Å². The van der Waals surface area contributed by atoms with E-state index >= 15 is 0 Å². The average Bonchev–Trinajstić information content (AvgIpc) is 2.41. The van der Waals surface area contributed by atoms with E-state index in [9.17, 15) is 9.59 Å². The Morgan fingerprint density at radius 1 is 0.800 bits per heavy atom. The molecule has 0 aromatic rings. The molecule has 0 heterocycles. The molecule has 0 unspecified atom stereocenters. The van der Waals surface area contributed by atoms with E-state index in [1.54, 1.807) is 0 Å². The molecular weight excluding hydrogens is 256 g/mol. The molecule has 0 spiro atoms. The Hall–Kier alpha value is -1.06. The van der Waals surface area contributed by atoms with Crippen molar-refractivity contribution in [3.63, 3.8) is 0 Å². The minimum absolute atomic E-state index is 0.347. The van der Waals surface area contributed by atoms with Gasteiger partial charge in [-0.05, 0) is 6.42 Å². The molecule has 0 aliphatic heterocycles. The Balaban J connectivity index is 0. The summed E-state index contributed by atoms with van der Waals surface area (Å²) in [7, 11) is 0. The second-order valence-corrected chi connectivity index (χ2v) is 4.91. The molecule has 0 aromatic carbocycles. The summed E-state index contributed by atoms with van der Waals surface area (Å²) in [4.78, 5) is 21.0. The number of aliphatic carboxylic acids is 1. The van der Waals surface area contributed by atoms with Crippen molar-refractivity contribution in [1.82, 2.24) is 0 Å². The fraction of sp³-hybridized carbons (Fsp3) is 0.875. The highest BCUT2D eigenvalue weighted by Gasteiger charge is 2.07. The monoisotopic (exact) mass is 288 g/mol. The van der Waals surface area contributed by atoms with Crippen molar-refractivity contribution in [1.29, 1.82) is 0 Å². The first kappa shape index (κ1) is 21.2. The molecule has 0 aromatic heterocycles. The van der Waals surface area contributed by atoms with E-state index in [1.165, 1.54) is 38.5 Å². The highest BCUT2D eigenvalue weighted by atomic mass is 16.5. The second kappa shape index (κ2) is 17.9. The molecule has 0 atom stereocenters. The number of ether oxygens (including phenoxy) is 1. The van der Waals surface area contributed by atoms with Crippen molar-refractivity contribution in [2.75, 3.05) is 6.61 Å². The van der Waals surface area contributed by atoms with Crippen LogP contribution in [0.25, 0.3) is 0 Å². The van der Waals surface area contributed by atoms with E-state index < -0.39 is 18.4 Å². The zero-order valence-electron chi connectivity index (χ0n) is 13.5. The third-order valence-corrected chi connectivity index (χ3v) is 2.81. The van der Waals surface area contributed by atoms with Crippen molar-refractivity contribution in [3.8, 4) is 0 Å². The van der Waals surface area contributed by atoms with Crippen LogP contribution in [0, 0.1) is 0 Å². The Bertz CT molecular complexity index is 225. The number of hydrogen-bond acceptors (Lipinski definition) is 3. The quantitative estimate of drug-likeness (QED) is 0.344.